The Balaban J connectivity index is 1.82. The van der Waals surface area contributed by atoms with Crippen LogP contribution in [0.5, 0.6) is 0 Å². The van der Waals surface area contributed by atoms with E-state index in [1.54, 1.807) is 0 Å². The van der Waals surface area contributed by atoms with Crippen molar-refractivity contribution in [3.8, 4) is 0 Å². The third kappa shape index (κ3) is 5.07. The molecule has 1 N–H and O–H groups in total. The lowest BCUT2D eigenvalue weighted by atomic mass is 10.2. The van der Waals surface area contributed by atoms with E-state index in [1.807, 2.05) is 27.7 Å². The molecule has 0 spiro atoms. The van der Waals surface area contributed by atoms with Crippen molar-refractivity contribution < 1.29 is 23.8 Å². The first-order valence-corrected chi connectivity index (χ1v) is 8.25. The van der Waals surface area contributed by atoms with E-state index in [0.29, 0.717) is 39.1 Å². The third-order valence-electron chi connectivity index (χ3n) is 3.96. The van der Waals surface area contributed by atoms with Crippen LogP contribution in [0.25, 0.3) is 0 Å². The SMILES string of the molecule is CC(C)(C)OC(=O)N1CCCC1C(=O)NCCC1(C)OCCO1. The Hall–Kier alpha value is -1.34. The van der Waals surface area contributed by atoms with Crippen molar-refractivity contribution >= 4 is 12.0 Å². The summed E-state index contributed by atoms with van der Waals surface area (Å²) in [6.07, 6.45) is 1.62. The summed E-state index contributed by atoms with van der Waals surface area (Å²) in [5.74, 6) is -0.761. The average Bonchev–Trinajstić information content (AvgIpc) is 3.05. The minimum atomic E-state index is -0.617. The Labute approximate surface area is 137 Å². The first-order chi connectivity index (χ1) is 10.7. The Bertz CT molecular complexity index is 440. The van der Waals surface area contributed by atoms with E-state index < -0.39 is 23.5 Å². The first-order valence-electron chi connectivity index (χ1n) is 8.25. The second-order valence-corrected chi connectivity index (χ2v) is 7.20. The molecule has 1 unspecified atom stereocenters. The molecule has 0 saturated carbocycles. The zero-order valence-corrected chi connectivity index (χ0v) is 14.5. The zero-order valence-electron chi connectivity index (χ0n) is 14.5. The number of amides is 2. The number of ether oxygens (including phenoxy) is 3. The van der Waals surface area contributed by atoms with E-state index >= 15 is 0 Å². The summed E-state index contributed by atoms with van der Waals surface area (Å²) in [6, 6.07) is -0.455. The van der Waals surface area contributed by atoms with Gasteiger partial charge in [-0.3, -0.25) is 9.69 Å². The van der Waals surface area contributed by atoms with Crippen LogP contribution in [-0.2, 0) is 19.0 Å². The van der Waals surface area contributed by atoms with Gasteiger partial charge in [-0.15, -0.1) is 0 Å². The first kappa shape index (κ1) is 18.0. The topological polar surface area (TPSA) is 77.1 Å². The molecule has 2 heterocycles. The van der Waals surface area contributed by atoms with Crippen LogP contribution in [-0.4, -0.2) is 60.6 Å². The molecule has 0 aromatic heterocycles. The Morgan fingerprint density at radius 3 is 2.57 bits per heavy atom. The second-order valence-electron chi connectivity index (χ2n) is 7.20. The summed E-state index contributed by atoms with van der Waals surface area (Å²) in [7, 11) is 0. The van der Waals surface area contributed by atoms with Crippen molar-refractivity contribution in [3.63, 3.8) is 0 Å². The quantitative estimate of drug-likeness (QED) is 0.849. The molecular formula is C16H28N2O5. The van der Waals surface area contributed by atoms with Crippen LogP contribution in [0.1, 0.15) is 47.0 Å². The minimum absolute atomic E-state index is 0.144. The minimum Gasteiger partial charge on any atom is -0.444 e. The molecule has 2 amide bonds. The molecule has 1 atom stereocenters. The lowest BCUT2D eigenvalue weighted by Crippen LogP contribution is -2.48. The van der Waals surface area contributed by atoms with Gasteiger partial charge >= 0.3 is 6.09 Å². The highest BCUT2D eigenvalue weighted by atomic mass is 16.7. The molecule has 0 aliphatic carbocycles. The van der Waals surface area contributed by atoms with Crippen LogP contribution in [0.2, 0.25) is 0 Å². The molecule has 2 aliphatic heterocycles. The number of nitrogens with zero attached hydrogens (tertiary/aromatic N) is 1. The molecule has 132 valence electrons. The van der Waals surface area contributed by atoms with Crippen LogP contribution in [0.4, 0.5) is 4.79 Å². The fourth-order valence-corrected chi connectivity index (χ4v) is 2.81. The molecular weight excluding hydrogens is 300 g/mol. The number of carbonyl (C=O) groups excluding carboxylic acids is 2. The van der Waals surface area contributed by atoms with E-state index in [2.05, 4.69) is 5.32 Å². The number of likely N-dealkylation sites (tertiary alicyclic amines) is 1. The van der Waals surface area contributed by atoms with Crippen LogP contribution in [0.3, 0.4) is 0 Å². The lowest BCUT2D eigenvalue weighted by Gasteiger charge is -2.28. The smallest absolute Gasteiger partial charge is 0.410 e. The third-order valence-corrected chi connectivity index (χ3v) is 3.96. The van der Waals surface area contributed by atoms with Crippen LogP contribution in [0.15, 0.2) is 0 Å². The monoisotopic (exact) mass is 328 g/mol. The summed E-state index contributed by atoms with van der Waals surface area (Å²) in [6.45, 7) is 9.49. The summed E-state index contributed by atoms with van der Waals surface area (Å²) < 4.78 is 16.4. The molecule has 2 aliphatic rings. The highest BCUT2D eigenvalue weighted by Crippen LogP contribution is 2.23. The predicted molar refractivity (Wildman–Crippen MR) is 83.9 cm³/mol. The summed E-state index contributed by atoms with van der Waals surface area (Å²) in [5.41, 5.74) is -0.563. The fraction of sp³-hybridized carbons (Fsp3) is 0.875. The normalized spacial score (nSPS) is 23.8. The molecule has 0 aromatic carbocycles. The van der Waals surface area contributed by atoms with Gasteiger partial charge in [-0.05, 0) is 40.5 Å². The highest BCUT2D eigenvalue weighted by Gasteiger charge is 2.37. The summed E-state index contributed by atoms with van der Waals surface area (Å²) in [4.78, 5) is 26.1. The number of hydrogen-bond acceptors (Lipinski definition) is 5. The molecule has 2 rings (SSSR count). The average molecular weight is 328 g/mol. The van der Waals surface area contributed by atoms with Crippen molar-refractivity contribution in [1.29, 1.82) is 0 Å². The largest absolute Gasteiger partial charge is 0.444 e. The van der Waals surface area contributed by atoms with Gasteiger partial charge in [0.15, 0.2) is 5.79 Å². The molecule has 7 heteroatoms. The van der Waals surface area contributed by atoms with Crippen molar-refractivity contribution in [3.05, 3.63) is 0 Å². The Kier molecular flexibility index (Phi) is 5.52. The lowest BCUT2D eigenvalue weighted by molar-refractivity contribution is -0.147. The fourth-order valence-electron chi connectivity index (χ4n) is 2.81. The van der Waals surface area contributed by atoms with E-state index in [4.69, 9.17) is 14.2 Å². The van der Waals surface area contributed by atoms with Crippen LogP contribution >= 0.6 is 0 Å². The van der Waals surface area contributed by atoms with Gasteiger partial charge in [0.05, 0.1) is 13.2 Å². The molecule has 2 fully saturated rings. The van der Waals surface area contributed by atoms with E-state index in [1.165, 1.54) is 4.90 Å². The maximum Gasteiger partial charge on any atom is 0.410 e. The van der Waals surface area contributed by atoms with E-state index in [-0.39, 0.29) is 5.91 Å². The maximum atomic E-state index is 12.4. The molecule has 2 saturated heterocycles. The van der Waals surface area contributed by atoms with Crippen molar-refractivity contribution in [2.45, 2.75) is 64.4 Å². The van der Waals surface area contributed by atoms with Gasteiger partial charge in [0, 0.05) is 19.5 Å². The number of rotatable bonds is 4. The molecule has 0 aromatic rings. The van der Waals surface area contributed by atoms with Gasteiger partial charge < -0.3 is 19.5 Å². The van der Waals surface area contributed by atoms with Gasteiger partial charge in [0.2, 0.25) is 5.91 Å². The van der Waals surface area contributed by atoms with E-state index in [9.17, 15) is 9.59 Å². The van der Waals surface area contributed by atoms with Crippen molar-refractivity contribution in [2.75, 3.05) is 26.3 Å². The summed E-state index contributed by atoms with van der Waals surface area (Å²) >= 11 is 0. The van der Waals surface area contributed by atoms with Crippen molar-refractivity contribution in [1.82, 2.24) is 10.2 Å². The van der Waals surface area contributed by atoms with Gasteiger partial charge in [0.1, 0.15) is 11.6 Å². The van der Waals surface area contributed by atoms with Crippen molar-refractivity contribution in [2.24, 2.45) is 0 Å². The summed E-state index contributed by atoms with van der Waals surface area (Å²) in [5, 5.41) is 2.88. The van der Waals surface area contributed by atoms with Gasteiger partial charge in [-0.25, -0.2) is 4.79 Å². The zero-order chi connectivity index (χ0) is 17.1. The maximum absolute atomic E-state index is 12.4. The Morgan fingerprint density at radius 1 is 1.30 bits per heavy atom. The molecule has 0 bridgehead atoms. The standard InChI is InChI=1S/C16H28N2O5/c1-15(2,3)23-14(20)18-9-5-6-12(18)13(19)17-8-7-16(4)21-10-11-22-16/h12H,5-11H2,1-4H3,(H,17,19). The predicted octanol–water partition coefficient (Wildman–Crippen LogP) is 1.66. The molecule has 7 nitrogen and oxygen atoms in total. The number of carbonyl (C=O) groups is 2. The second kappa shape index (κ2) is 7.05. The van der Waals surface area contributed by atoms with Crippen LogP contribution < -0.4 is 5.32 Å². The van der Waals surface area contributed by atoms with Gasteiger partial charge in [-0.1, -0.05) is 0 Å². The number of hydrogen-bond donors (Lipinski definition) is 1. The Morgan fingerprint density at radius 2 is 1.96 bits per heavy atom. The van der Waals surface area contributed by atoms with E-state index in [0.717, 1.165) is 6.42 Å². The molecule has 23 heavy (non-hydrogen) atoms. The van der Waals surface area contributed by atoms with Crippen LogP contribution in [0, 0.1) is 0 Å². The number of nitrogens with one attached hydrogen (secondary N) is 1. The highest BCUT2D eigenvalue weighted by molar-refractivity contribution is 5.86. The van der Waals surface area contributed by atoms with Gasteiger partial charge in [-0.2, -0.15) is 0 Å². The molecule has 0 radical (unpaired) electrons. The van der Waals surface area contributed by atoms with Gasteiger partial charge in [0.25, 0.3) is 0 Å².